The lowest BCUT2D eigenvalue weighted by molar-refractivity contribution is -0.128. The highest BCUT2D eigenvalue weighted by Gasteiger charge is 2.40. The Bertz CT molecular complexity index is 758. The molecule has 0 bridgehead atoms. The summed E-state index contributed by atoms with van der Waals surface area (Å²) in [6.07, 6.45) is 4.84. The number of nitrogens with two attached hydrogens (primary N) is 1. The molecular weight excluding hydrogens is 330 g/mol. The van der Waals surface area contributed by atoms with Crippen molar-refractivity contribution in [1.29, 1.82) is 0 Å². The Morgan fingerprint density at radius 1 is 1.23 bits per heavy atom. The average Bonchev–Trinajstić information content (AvgIpc) is 3.27. The molecule has 1 aromatic carbocycles. The van der Waals surface area contributed by atoms with Crippen LogP contribution in [0.4, 0.5) is 0 Å². The minimum absolute atomic E-state index is 0.0877. The van der Waals surface area contributed by atoms with Crippen LogP contribution in [0.25, 0.3) is 0 Å². The van der Waals surface area contributed by atoms with Crippen LogP contribution >= 0.6 is 0 Å². The quantitative estimate of drug-likeness (QED) is 0.776. The van der Waals surface area contributed by atoms with E-state index >= 15 is 0 Å². The first-order chi connectivity index (χ1) is 12.6. The summed E-state index contributed by atoms with van der Waals surface area (Å²) in [5.74, 6) is 0.355. The minimum Gasteiger partial charge on any atom is -0.368 e. The third-order valence-corrected chi connectivity index (χ3v) is 4.92. The van der Waals surface area contributed by atoms with Gasteiger partial charge in [-0.2, -0.15) is 0 Å². The Labute approximate surface area is 153 Å². The molecule has 0 radical (unpaired) electrons. The molecule has 1 aliphatic heterocycles. The van der Waals surface area contributed by atoms with Crippen LogP contribution in [0.5, 0.6) is 0 Å². The van der Waals surface area contributed by atoms with Crippen molar-refractivity contribution >= 4 is 11.8 Å². The van der Waals surface area contributed by atoms with Crippen LogP contribution in [0.3, 0.4) is 0 Å². The van der Waals surface area contributed by atoms with E-state index in [1.165, 1.54) is 0 Å². The number of likely N-dealkylation sites (tertiary alicyclic amines) is 1. The third kappa shape index (κ3) is 3.94. The second-order valence-corrected chi connectivity index (χ2v) is 6.52. The molecule has 7 heteroatoms. The lowest BCUT2D eigenvalue weighted by Gasteiger charge is -2.28. The van der Waals surface area contributed by atoms with Crippen LogP contribution < -0.4 is 11.1 Å². The fourth-order valence-electron chi connectivity index (χ4n) is 3.55. The number of hydrogen-bond acceptors (Lipinski definition) is 4. The molecule has 0 aliphatic carbocycles. The predicted octanol–water partition coefficient (Wildman–Crippen LogP) is 1.04. The summed E-state index contributed by atoms with van der Waals surface area (Å²) in [5.41, 5.74) is 6.62. The van der Waals surface area contributed by atoms with Gasteiger partial charge in [0.25, 0.3) is 0 Å². The molecule has 7 nitrogen and oxygen atoms in total. The molecule has 1 fully saturated rings. The number of rotatable bonds is 7. The van der Waals surface area contributed by atoms with Gasteiger partial charge in [-0.1, -0.05) is 30.3 Å². The number of imidazole rings is 1. The molecule has 0 saturated carbocycles. The standard InChI is InChI=1S/C19H25N5O2/c1-2-23-11-10-21-17(23)12-22-19(26)16-9-8-15(18(20)25)24(16)13-14-6-4-3-5-7-14/h3-7,10-11,15-16H,2,8-9,12-13H2,1H3,(H2,20,25)(H,22,26)/t15-,16+/m0/s1. The van der Waals surface area contributed by atoms with E-state index in [1.807, 2.05) is 52.9 Å². The zero-order valence-corrected chi connectivity index (χ0v) is 15.0. The van der Waals surface area contributed by atoms with Crippen molar-refractivity contribution in [3.05, 3.63) is 54.1 Å². The third-order valence-electron chi connectivity index (χ3n) is 4.92. The van der Waals surface area contributed by atoms with Crippen molar-refractivity contribution in [2.45, 2.75) is 51.5 Å². The maximum atomic E-state index is 12.8. The first-order valence-electron chi connectivity index (χ1n) is 8.97. The van der Waals surface area contributed by atoms with Gasteiger partial charge in [0.15, 0.2) is 0 Å². The molecule has 0 spiro atoms. The topological polar surface area (TPSA) is 93.2 Å². The predicted molar refractivity (Wildman–Crippen MR) is 97.7 cm³/mol. The maximum absolute atomic E-state index is 12.8. The van der Waals surface area contributed by atoms with E-state index < -0.39 is 6.04 Å². The number of primary amides is 1. The Kier molecular flexibility index (Phi) is 5.68. The van der Waals surface area contributed by atoms with Crippen LogP contribution in [0.1, 0.15) is 31.2 Å². The van der Waals surface area contributed by atoms with Crippen LogP contribution in [-0.4, -0.2) is 38.3 Å². The van der Waals surface area contributed by atoms with Gasteiger partial charge in [0, 0.05) is 25.5 Å². The number of amides is 2. The van der Waals surface area contributed by atoms with E-state index in [-0.39, 0.29) is 17.9 Å². The van der Waals surface area contributed by atoms with E-state index in [0.717, 1.165) is 17.9 Å². The highest BCUT2D eigenvalue weighted by Crippen LogP contribution is 2.26. The van der Waals surface area contributed by atoms with Gasteiger partial charge in [0.1, 0.15) is 5.82 Å². The Morgan fingerprint density at radius 2 is 1.96 bits per heavy atom. The zero-order valence-electron chi connectivity index (χ0n) is 15.0. The highest BCUT2D eigenvalue weighted by atomic mass is 16.2. The molecule has 1 aromatic heterocycles. The van der Waals surface area contributed by atoms with Crippen LogP contribution in [0, 0.1) is 0 Å². The molecule has 3 rings (SSSR count). The average molecular weight is 355 g/mol. The van der Waals surface area contributed by atoms with Crippen molar-refractivity contribution < 1.29 is 9.59 Å². The molecule has 2 atom stereocenters. The summed E-state index contributed by atoms with van der Waals surface area (Å²) in [4.78, 5) is 30.8. The smallest absolute Gasteiger partial charge is 0.237 e. The molecule has 2 heterocycles. The fraction of sp³-hybridized carbons (Fsp3) is 0.421. The lowest BCUT2D eigenvalue weighted by atomic mass is 10.1. The van der Waals surface area contributed by atoms with Crippen LogP contribution in [0.2, 0.25) is 0 Å². The van der Waals surface area contributed by atoms with Gasteiger partial charge in [-0.15, -0.1) is 0 Å². The van der Waals surface area contributed by atoms with Gasteiger partial charge in [0.2, 0.25) is 11.8 Å². The molecular formula is C19H25N5O2. The number of aryl methyl sites for hydroxylation is 1. The molecule has 0 unspecified atom stereocenters. The monoisotopic (exact) mass is 355 g/mol. The van der Waals surface area contributed by atoms with Crippen molar-refractivity contribution in [3.63, 3.8) is 0 Å². The summed E-state index contributed by atoms with van der Waals surface area (Å²) in [7, 11) is 0. The van der Waals surface area contributed by atoms with E-state index in [2.05, 4.69) is 10.3 Å². The number of carbonyl (C=O) groups excluding carboxylic acids is 2. The van der Waals surface area contributed by atoms with Crippen molar-refractivity contribution in [2.24, 2.45) is 5.73 Å². The minimum atomic E-state index is -0.413. The summed E-state index contributed by atoms with van der Waals surface area (Å²) >= 11 is 0. The van der Waals surface area contributed by atoms with Crippen LogP contribution in [0.15, 0.2) is 42.7 Å². The number of carbonyl (C=O) groups is 2. The highest BCUT2D eigenvalue weighted by molar-refractivity contribution is 5.86. The van der Waals surface area contributed by atoms with Gasteiger partial charge in [-0.25, -0.2) is 4.98 Å². The van der Waals surface area contributed by atoms with Gasteiger partial charge < -0.3 is 15.6 Å². The summed E-state index contributed by atoms with van der Waals surface area (Å²) in [6, 6.07) is 9.04. The SMILES string of the molecule is CCn1ccnc1CNC(=O)[C@H]1CC[C@@H](C(N)=O)N1Cc1ccccc1. The van der Waals surface area contributed by atoms with Gasteiger partial charge >= 0.3 is 0 Å². The maximum Gasteiger partial charge on any atom is 0.237 e. The summed E-state index contributed by atoms with van der Waals surface area (Å²) in [5, 5.41) is 2.96. The van der Waals surface area contributed by atoms with Gasteiger partial charge in [-0.05, 0) is 25.3 Å². The van der Waals surface area contributed by atoms with Gasteiger partial charge in [-0.3, -0.25) is 14.5 Å². The van der Waals surface area contributed by atoms with E-state index in [4.69, 9.17) is 5.73 Å². The van der Waals surface area contributed by atoms with Crippen molar-refractivity contribution in [3.8, 4) is 0 Å². The largest absolute Gasteiger partial charge is 0.368 e. The number of nitrogens with one attached hydrogen (secondary N) is 1. The fourth-order valence-corrected chi connectivity index (χ4v) is 3.55. The number of nitrogens with zero attached hydrogens (tertiary/aromatic N) is 3. The van der Waals surface area contributed by atoms with E-state index in [1.54, 1.807) is 6.20 Å². The Hall–Kier alpha value is -2.67. The summed E-state index contributed by atoms with van der Waals surface area (Å²) in [6.45, 7) is 3.73. The molecule has 1 saturated heterocycles. The molecule has 3 N–H and O–H groups in total. The van der Waals surface area contributed by atoms with Crippen LogP contribution in [-0.2, 0) is 29.2 Å². The van der Waals surface area contributed by atoms with E-state index in [0.29, 0.717) is 25.9 Å². The molecule has 2 amide bonds. The number of benzene rings is 1. The molecule has 2 aromatic rings. The first kappa shape index (κ1) is 18.1. The number of hydrogen-bond donors (Lipinski definition) is 2. The Morgan fingerprint density at radius 3 is 2.65 bits per heavy atom. The second kappa shape index (κ2) is 8.14. The molecule has 1 aliphatic rings. The first-order valence-corrected chi connectivity index (χ1v) is 8.97. The Balaban J connectivity index is 1.69. The molecule has 138 valence electrons. The summed E-state index contributed by atoms with van der Waals surface area (Å²) < 4.78 is 1.99. The van der Waals surface area contributed by atoms with Gasteiger partial charge in [0.05, 0.1) is 18.6 Å². The van der Waals surface area contributed by atoms with E-state index in [9.17, 15) is 9.59 Å². The lowest BCUT2D eigenvalue weighted by Crippen LogP contribution is -2.49. The van der Waals surface area contributed by atoms with Crippen molar-refractivity contribution in [1.82, 2.24) is 19.8 Å². The second-order valence-electron chi connectivity index (χ2n) is 6.52. The normalized spacial score (nSPS) is 20.2. The van der Waals surface area contributed by atoms with Crippen molar-refractivity contribution in [2.75, 3.05) is 0 Å². The number of aromatic nitrogens is 2. The molecule has 26 heavy (non-hydrogen) atoms. The zero-order chi connectivity index (χ0) is 18.5.